The summed E-state index contributed by atoms with van der Waals surface area (Å²) in [6.45, 7) is 4.24. The standard InChI is InChI=1S/C70H40N6O2/c1-39-27-31-57-49(35-39)45-29-33-61-63(47-19-7-13-25-59(47)77-61)66(45)75(57)65-51(37-71)68(73-53-21-9-3-15-41(53)42-16-4-10-22-54(42)73)70(69(52(65)38-72)74-55-23-11-5-17-43(55)44-18-6-12-24-56(44)74)76-58-32-28-40(2)36-50(58)46-30-34-62-64(67(46)76)48-20-8-14-26-60(48)78-62/h3-36H,1-2H3. The molecule has 17 aromatic rings. The minimum Gasteiger partial charge on any atom is -0.456 e. The summed E-state index contributed by atoms with van der Waals surface area (Å²) in [5, 5.41) is 37.5. The molecule has 0 unspecified atom stereocenters. The van der Waals surface area contributed by atoms with Crippen LogP contribution in [-0.2, 0) is 0 Å². The Morgan fingerprint density at radius 1 is 0.295 bits per heavy atom. The summed E-state index contributed by atoms with van der Waals surface area (Å²) < 4.78 is 22.6. The molecule has 8 nitrogen and oxygen atoms in total. The van der Waals surface area contributed by atoms with Gasteiger partial charge in [0.05, 0.1) is 77.7 Å². The lowest BCUT2D eigenvalue weighted by molar-refractivity contribution is 0.669. The molecular weight excluding hydrogens is 957 g/mol. The summed E-state index contributed by atoms with van der Waals surface area (Å²) in [6.07, 6.45) is 0. The van der Waals surface area contributed by atoms with E-state index in [4.69, 9.17) is 8.83 Å². The number of furan rings is 2. The molecule has 0 aliphatic carbocycles. The van der Waals surface area contributed by atoms with Crippen LogP contribution in [0.4, 0.5) is 0 Å². The van der Waals surface area contributed by atoms with E-state index in [0.717, 1.165) is 137 Å². The van der Waals surface area contributed by atoms with Gasteiger partial charge in [0.25, 0.3) is 0 Å². The van der Waals surface area contributed by atoms with Gasteiger partial charge < -0.3 is 27.1 Å². The van der Waals surface area contributed by atoms with E-state index in [2.05, 4.69) is 220 Å². The highest BCUT2D eigenvalue weighted by Gasteiger charge is 2.36. The highest BCUT2D eigenvalue weighted by molar-refractivity contribution is 6.27. The maximum atomic E-state index is 12.8. The van der Waals surface area contributed by atoms with E-state index in [0.29, 0.717) is 39.5 Å². The second-order valence-electron chi connectivity index (χ2n) is 20.7. The van der Waals surface area contributed by atoms with Crippen LogP contribution < -0.4 is 0 Å². The first kappa shape index (κ1) is 42.5. The summed E-state index contributed by atoms with van der Waals surface area (Å²) in [5.41, 5.74) is 15.4. The normalized spacial score (nSPS) is 12.2. The Kier molecular flexibility index (Phi) is 8.40. The lowest BCUT2D eigenvalue weighted by Gasteiger charge is -2.27. The zero-order chi connectivity index (χ0) is 51.7. The van der Waals surface area contributed by atoms with E-state index >= 15 is 0 Å². The molecule has 6 heterocycles. The zero-order valence-electron chi connectivity index (χ0n) is 42.1. The molecule has 0 N–H and O–H groups in total. The predicted molar refractivity (Wildman–Crippen MR) is 317 cm³/mol. The third kappa shape index (κ3) is 5.39. The molecule has 17 rings (SSSR count). The average molecular weight is 997 g/mol. The minimum absolute atomic E-state index is 0.327. The number of benzene rings is 11. The molecule has 0 amide bonds. The first-order chi connectivity index (χ1) is 38.5. The first-order valence-corrected chi connectivity index (χ1v) is 26.2. The third-order valence-electron chi connectivity index (χ3n) is 16.5. The smallest absolute Gasteiger partial charge is 0.137 e. The van der Waals surface area contributed by atoms with Crippen molar-refractivity contribution in [2.45, 2.75) is 13.8 Å². The van der Waals surface area contributed by atoms with Gasteiger partial charge in [0.15, 0.2) is 0 Å². The molecule has 0 aliphatic rings. The van der Waals surface area contributed by atoms with Crippen molar-refractivity contribution in [3.8, 4) is 34.9 Å². The van der Waals surface area contributed by atoms with Gasteiger partial charge in [-0.05, 0) is 98.8 Å². The highest BCUT2D eigenvalue weighted by Crippen LogP contribution is 2.51. The largest absolute Gasteiger partial charge is 0.456 e. The Labute approximate surface area is 443 Å². The lowest BCUT2D eigenvalue weighted by atomic mass is 9.98. The molecule has 11 aromatic carbocycles. The van der Waals surface area contributed by atoms with Gasteiger partial charge >= 0.3 is 0 Å². The van der Waals surface area contributed by atoms with Gasteiger partial charge in [-0.1, -0.05) is 132 Å². The Balaban J connectivity index is 1.23. The van der Waals surface area contributed by atoms with Gasteiger partial charge in [0.2, 0.25) is 0 Å². The van der Waals surface area contributed by atoms with Crippen LogP contribution in [0.15, 0.2) is 215 Å². The van der Waals surface area contributed by atoms with Crippen LogP contribution in [0, 0.1) is 36.5 Å². The SMILES string of the molecule is Cc1ccc2c(c1)c1ccc3oc4ccccc4c3c1n2-c1c(C#N)c(-n2c3ccccc3c3ccccc32)c(-n2c3ccc(C)cc3c3ccc4oc5ccccc5c4c32)c(-n2c3ccccc3c3ccccc32)c1C#N. The molecule has 0 spiro atoms. The van der Waals surface area contributed by atoms with Crippen molar-refractivity contribution in [1.82, 2.24) is 18.3 Å². The van der Waals surface area contributed by atoms with Gasteiger partial charge in [-0.25, -0.2) is 0 Å². The van der Waals surface area contributed by atoms with Crippen molar-refractivity contribution in [1.29, 1.82) is 10.5 Å². The average Bonchev–Trinajstić information content (AvgIpc) is 4.50. The van der Waals surface area contributed by atoms with Crippen LogP contribution in [0.5, 0.6) is 0 Å². The van der Waals surface area contributed by atoms with Crippen LogP contribution in [0.3, 0.4) is 0 Å². The molecule has 0 aliphatic heterocycles. The number of rotatable bonds is 4. The molecule has 0 radical (unpaired) electrons. The Morgan fingerprint density at radius 2 is 0.641 bits per heavy atom. The molecular formula is C70H40N6O2. The van der Waals surface area contributed by atoms with Crippen molar-refractivity contribution in [2.24, 2.45) is 0 Å². The Bertz CT molecular complexity index is 5380. The number of hydrogen-bond donors (Lipinski definition) is 0. The van der Waals surface area contributed by atoms with E-state index in [9.17, 15) is 10.5 Å². The first-order valence-electron chi connectivity index (χ1n) is 26.2. The number of nitrogens with zero attached hydrogens (tertiary/aromatic N) is 6. The summed E-state index contributed by atoms with van der Waals surface area (Å²) in [5.74, 6) is 0. The molecule has 0 fully saturated rings. The van der Waals surface area contributed by atoms with Crippen molar-refractivity contribution < 1.29 is 8.83 Å². The minimum atomic E-state index is 0.327. The molecule has 0 bridgehead atoms. The second kappa shape index (κ2) is 15.4. The number of para-hydroxylation sites is 6. The predicted octanol–water partition coefficient (Wildman–Crippen LogP) is 18.2. The number of fused-ring (bicyclic) bond motifs is 20. The topological polar surface area (TPSA) is 93.6 Å². The van der Waals surface area contributed by atoms with Crippen LogP contribution in [0.1, 0.15) is 22.3 Å². The number of aromatic nitrogens is 4. The molecule has 8 heteroatoms. The Morgan fingerprint density at radius 3 is 1.04 bits per heavy atom. The van der Waals surface area contributed by atoms with Crippen LogP contribution in [0.25, 0.3) is 154 Å². The molecule has 78 heavy (non-hydrogen) atoms. The lowest BCUT2D eigenvalue weighted by Crippen LogP contribution is -2.17. The quantitative estimate of drug-likeness (QED) is 0.176. The van der Waals surface area contributed by atoms with Gasteiger partial charge in [-0.2, -0.15) is 10.5 Å². The van der Waals surface area contributed by atoms with Gasteiger partial charge in [0.1, 0.15) is 45.6 Å². The highest BCUT2D eigenvalue weighted by atomic mass is 16.3. The van der Waals surface area contributed by atoms with E-state index in [1.54, 1.807) is 0 Å². The summed E-state index contributed by atoms with van der Waals surface area (Å²) in [7, 11) is 0. The van der Waals surface area contributed by atoms with Gasteiger partial charge in [-0.15, -0.1) is 0 Å². The monoisotopic (exact) mass is 996 g/mol. The van der Waals surface area contributed by atoms with Crippen LogP contribution >= 0.6 is 0 Å². The maximum absolute atomic E-state index is 12.8. The zero-order valence-corrected chi connectivity index (χ0v) is 42.1. The second-order valence-corrected chi connectivity index (χ2v) is 20.7. The molecule has 362 valence electrons. The van der Waals surface area contributed by atoms with Crippen LogP contribution in [-0.4, -0.2) is 18.3 Å². The van der Waals surface area contributed by atoms with Crippen LogP contribution in [0.2, 0.25) is 0 Å². The van der Waals surface area contributed by atoms with Crippen molar-refractivity contribution in [3.05, 3.63) is 229 Å². The number of aryl methyl sites for hydroxylation is 2. The van der Waals surface area contributed by atoms with Crippen molar-refractivity contribution >= 4 is 131 Å². The fourth-order valence-electron chi connectivity index (χ4n) is 13.4. The Hall–Kier alpha value is -10.8. The van der Waals surface area contributed by atoms with Crippen molar-refractivity contribution in [2.75, 3.05) is 0 Å². The number of hydrogen-bond acceptors (Lipinski definition) is 4. The van der Waals surface area contributed by atoms with E-state index in [1.807, 2.05) is 30.3 Å². The summed E-state index contributed by atoms with van der Waals surface area (Å²) >= 11 is 0. The fourth-order valence-corrected chi connectivity index (χ4v) is 13.4. The third-order valence-corrected chi connectivity index (χ3v) is 16.5. The van der Waals surface area contributed by atoms with Gasteiger partial charge in [0, 0.05) is 53.9 Å². The van der Waals surface area contributed by atoms with Gasteiger partial charge in [-0.3, -0.25) is 0 Å². The fraction of sp³-hybridized carbons (Fsp3) is 0.0286. The van der Waals surface area contributed by atoms with E-state index in [-0.39, 0.29) is 0 Å². The molecule has 0 saturated carbocycles. The van der Waals surface area contributed by atoms with E-state index in [1.165, 1.54) is 0 Å². The molecule has 0 atom stereocenters. The maximum Gasteiger partial charge on any atom is 0.137 e. The molecule has 6 aromatic heterocycles. The summed E-state index contributed by atoms with van der Waals surface area (Å²) in [4.78, 5) is 0. The summed E-state index contributed by atoms with van der Waals surface area (Å²) in [6, 6.07) is 77.6. The molecule has 0 saturated heterocycles. The van der Waals surface area contributed by atoms with Crippen molar-refractivity contribution in [3.63, 3.8) is 0 Å². The van der Waals surface area contributed by atoms with E-state index < -0.39 is 0 Å². The number of nitriles is 2.